The first-order valence-corrected chi connectivity index (χ1v) is 11.3. The molecule has 1 aliphatic rings. The Labute approximate surface area is 205 Å². The third-order valence-corrected chi connectivity index (χ3v) is 6.16. The number of nitrogen functional groups attached to an aromatic ring is 1. The van der Waals surface area contributed by atoms with Gasteiger partial charge in [0, 0.05) is 36.9 Å². The fourth-order valence-corrected chi connectivity index (χ4v) is 4.26. The maximum atomic E-state index is 13.8. The summed E-state index contributed by atoms with van der Waals surface area (Å²) in [5.74, 6) is -2.93. The van der Waals surface area contributed by atoms with Gasteiger partial charge in [-0.05, 0) is 44.2 Å². The summed E-state index contributed by atoms with van der Waals surface area (Å²) in [4.78, 5) is 14.2. The number of hydrogen-bond donors (Lipinski definition) is 1. The van der Waals surface area contributed by atoms with E-state index >= 15 is 0 Å². The highest BCUT2D eigenvalue weighted by molar-refractivity contribution is 5.85. The number of alkyl halides is 3. The van der Waals surface area contributed by atoms with Gasteiger partial charge in [-0.25, -0.2) is 27.5 Å². The minimum absolute atomic E-state index is 0.0246. The molecule has 2 unspecified atom stereocenters. The summed E-state index contributed by atoms with van der Waals surface area (Å²) in [5, 5.41) is 0. The number of piperidine rings is 1. The first-order chi connectivity index (χ1) is 17.1. The molecule has 2 N–H and O–H groups in total. The van der Waals surface area contributed by atoms with Crippen LogP contribution in [-0.4, -0.2) is 44.0 Å². The number of imidazole rings is 1. The van der Waals surface area contributed by atoms with Crippen molar-refractivity contribution < 1.29 is 17.6 Å². The van der Waals surface area contributed by atoms with E-state index in [1.807, 2.05) is 11.9 Å². The van der Waals surface area contributed by atoms with Crippen molar-refractivity contribution in [2.24, 2.45) is 0 Å². The molecule has 1 saturated heterocycles. The number of rotatable bonds is 3. The van der Waals surface area contributed by atoms with Crippen molar-refractivity contribution in [3.05, 3.63) is 77.9 Å². The zero-order chi connectivity index (χ0) is 26.0. The number of aromatic nitrogens is 4. The van der Waals surface area contributed by atoms with Crippen molar-refractivity contribution >= 4 is 28.4 Å². The van der Waals surface area contributed by atoms with Gasteiger partial charge in [-0.3, -0.25) is 14.3 Å². The molecule has 1 aliphatic heterocycles. The monoisotopic (exact) mass is 498 g/mol. The second kappa shape index (κ2) is 10.1. The molecular weight excluding hydrogens is 472 g/mol. The van der Waals surface area contributed by atoms with Gasteiger partial charge in [0.1, 0.15) is 23.3 Å². The molecular formula is C26H26F4N6. The van der Waals surface area contributed by atoms with Crippen molar-refractivity contribution in [3.8, 4) is 0 Å². The average molecular weight is 499 g/mol. The molecule has 1 aromatic carbocycles. The Morgan fingerprint density at radius 1 is 1.19 bits per heavy atom. The summed E-state index contributed by atoms with van der Waals surface area (Å²) in [6.07, 6.45) is 6.31. The average Bonchev–Trinajstić information content (AvgIpc) is 3.31. The SMILES string of the molecule is C=C=Cc1cc2c(cc1F)nc(N)c1cncn12.CN1CC(F)CCC1c1ccc(C(C)(F)F)cn1. The van der Waals surface area contributed by atoms with Crippen molar-refractivity contribution in [1.29, 1.82) is 0 Å². The van der Waals surface area contributed by atoms with Crippen LogP contribution in [0, 0.1) is 5.82 Å². The molecule has 2 atom stereocenters. The Morgan fingerprint density at radius 3 is 2.61 bits per heavy atom. The summed E-state index contributed by atoms with van der Waals surface area (Å²) < 4.78 is 54.8. The molecule has 1 fully saturated rings. The third-order valence-electron chi connectivity index (χ3n) is 6.16. The Balaban J connectivity index is 0.000000169. The zero-order valence-electron chi connectivity index (χ0n) is 19.9. The molecule has 36 heavy (non-hydrogen) atoms. The smallest absolute Gasteiger partial charge is 0.272 e. The first kappa shape index (κ1) is 25.3. The molecule has 3 aromatic heterocycles. The van der Waals surface area contributed by atoms with E-state index in [1.54, 1.807) is 29.1 Å². The highest BCUT2D eigenvalue weighted by Gasteiger charge is 2.29. The number of anilines is 1. The van der Waals surface area contributed by atoms with Crippen molar-refractivity contribution in [1.82, 2.24) is 24.3 Å². The number of nitrogens with zero attached hydrogens (tertiary/aromatic N) is 5. The predicted octanol–water partition coefficient (Wildman–Crippen LogP) is 5.70. The maximum absolute atomic E-state index is 13.8. The number of nitrogens with two attached hydrogens (primary N) is 1. The van der Waals surface area contributed by atoms with Crippen LogP contribution in [0.5, 0.6) is 0 Å². The van der Waals surface area contributed by atoms with Gasteiger partial charge in [0.05, 0.1) is 35.3 Å². The number of hydrogen-bond acceptors (Lipinski definition) is 5. The molecule has 188 valence electrons. The number of halogens is 4. The molecule has 6 nitrogen and oxygen atoms in total. The van der Waals surface area contributed by atoms with E-state index < -0.39 is 12.1 Å². The second-order valence-corrected chi connectivity index (χ2v) is 8.85. The van der Waals surface area contributed by atoms with E-state index in [2.05, 4.69) is 27.3 Å². The quantitative estimate of drug-likeness (QED) is 0.290. The van der Waals surface area contributed by atoms with Gasteiger partial charge in [0.15, 0.2) is 0 Å². The summed E-state index contributed by atoms with van der Waals surface area (Å²) in [6, 6.07) is 6.05. The minimum atomic E-state index is -2.87. The van der Waals surface area contributed by atoms with Gasteiger partial charge in [-0.1, -0.05) is 6.58 Å². The van der Waals surface area contributed by atoms with Crippen LogP contribution in [0.1, 0.15) is 42.6 Å². The lowest BCUT2D eigenvalue weighted by Gasteiger charge is -2.33. The Bertz CT molecular complexity index is 1420. The maximum Gasteiger partial charge on any atom is 0.272 e. The Morgan fingerprint density at radius 2 is 1.97 bits per heavy atom. The van der Waals surface area contributed by atoms with Crippen LogP contribution in [0.25, 0.3) is 22.6 Å². The van der Waals surface area contributed by atoms with Gasteiger partial charge in [-0.2, -0.15) is 0 Å². The topological polar surface area (TPSA) is 72.3 Å². The Kier molecular flexibility index (Phi) is 7.10. The molecule has 0 spiro atoms. The fraction of sp³-hybridized carbons (Fsp3) is 0.308. The van der Waals surface area contributed by atoms with E-state index in [0.29, 0.717) is 41.8 Å². The number of pyridine rings is 1. The van der Waals surface area contributed by atoms with E-state index in [-0.39, 0.29) is 17.4 Å². The van der Waals surface area contributed by atoms with Crippen LogP contribution >= 0.6 is 0 Å². The number of benzene rings is 1. The van der Waals surface area contributed by atoms with Crippen LogP contribution in [0.4, 0.5) is 23.4 Å². The molecule has 10 heteroatoms. The van der Waals surface area contributed by atoms with Crippen molar-refractivity contribution in [2.45, 2.75) is 37.9 Å². The zero-order valence-corrected chi connectivity index (χ0v) is 19.9. The van der Waals surface area contributed by atoms with Gasteiger partial charge >= 0.3 is 0 Å². The minimum Gasteiger partial charge on any atom is -0.382 e. The fourth-order valence-electron chi connectivity index (χ4n) is 4.26. The summed E-state index contributed by atoms with van der Waals surface area (Å²) in [7, 11) is 1.83. The van der Waals surface area contributed by atoms with Crippen molar-refractivity contribution in [2.75, 3.05) is 19.3 Å². The molecule has 4 heterocycles. The highest BCUT2D eigenvalue weighted by atomic mass is 19.3. The lowest BCUT2D eigenvalue weighted by Crippen LogP contribution is -2.36. The first-order valence-electron chi connectivity index (χ1n) is 11.3. The van der Waals surface area contributed by atoms with Crippen LogP contribution in [0.15, 0.2) is 55.3 Å². The van der Waals surface area contributed by atoms with Gasteiger partial charge in [0.2, 0.25) is 0 Å². The Hall–Kier alpha value is -3.75. The van der Waals surface area contributed by atoms with E-state index in [4.69, 9.17) is 5.73 Å². The van der Waals surface area contributed by atoms with Gasteiger partial charge in [0.25, 0.3) is 5.92 Å². The largest absolute Gasteiger partial charge is 0.382 e. The van der Waals surface area contributed by atoms with Crippen LogP contribution in [0.3, 0.4) is 0 Å². The molecule has 4 aromatic rings. The summed E-state index contributed by atoms with van der Waals surface area (Å²) >= 11 is 0. The van der Waals surface area contributed by atoms with Crippen molar-refractivity contribution in [3.63, 3.8) is 0 Å². The number of fused-ring (bicyclic) bond motifs is 3. The van der Waals surface area contributed by atoms with E-state index in [1.165, 1.54) is 24.4 Å². The molecule has 0 amide bonds. The second-order valence-electron chi connectivity index (χ2n) is 8.85. The molecule has 0 aliphatic carbocycles. The normalized spacial score (nSPS) is 18.5. The third kappa shape index (κ3) is 5.24. The standard InChI is InChI=1S/C13H17F3N2.C13H9FN4/c1-13(15,16)9-3-5-11(17-7-9)12-6-4-10(14)8-18(12)2;1-2-3-8-4-11-10(5-9(8)14)17-13(15)12-6-16-7-18(11)12/h3,5,7,10,12H,4,6,8H2,1-2H3;3-7H,1H2,(H2,15,17). The highest BCUT2D eigenvalue weighted by Crippen LogP contribution is 2.32. The summed E-state index contributed by atoms with van der Waals surface area (Å²) in [6.45, 7) is 4.67. The van der Waals surface area contributed by atoms with Crippen LogP contribution in [0.2, 0.25) is 0 Å². The van der Waals surface area contributed by atoms with Gasteiger partial charge < -0.3 is 5.73 Å². The van der Waals surface area contributed by atoms with Gasteiger partial charge in [-0.15, -0.1) is 5.73 Å². The molecule has 0 saturated carbocycles. The molecule has 0 radical (unpaired) electrons. The number of likely N-dealkylation sites (tertiary alicyclic amines) is 1. The van der Waals surface area contributed by atoms with Crippen LogP contribution in [-0.2, 0) is 5.92 Å². The lowest BCUT2D eigenvalue weighted by atomic mass is 9.98. The predicted molar refractivity (Wildman–Crippen MR) is 132 cm³/mol. The van der Waals surface area contributed by atoms with Crippen LogP contribution < -0.4 is 5.73 Å². The lowest BCUT2D eigenvalue weighted by molar-refractivity contribution is 0.0170. The summed E-state index contributed by atoms with van der Waals surface area (Å²) in [5.41, 5.74) is 11.3. The molecule has 5 rings (SSSR count). The van der Waals surface area contributed by atoms with E-state index in [0.717, 1.165) is 18.1 Å². The van der Waals surface area contributed by atoms with E-state index in [9.17, 15) is 17.6 Å². The molecule has 0 bridgehead atoms.